The molecule has 0 saturated heterocycles. The van der Waals surface area contributed by atoms with E-state index in [1.54, 1.807) is 12.1 Å². The lowest BCUT2D eigenvalue weighted by molar-refractivity contribution is 0.479. The van der Waals surface area contributed by atoms with E-state index in [0.717, 1.165) is 5.56 Å². The number of H-pyrrole nitrogens is 1. The number of fused-ring (bicyclic) bond motifs is 1. The maximum absolute atomic E-state index is 12.3. The summed E-state index contributed by atoms with van der Waals surface area (Å²) >= 11 is 0. The fourth-order valence-corrected chi connectivity index (χ4v) is 2.51. The quantitative estimate of drug-likeness (QED) is 0.594. The first kappa shape index (κ1) is 13.3. The van der Waals surface area contributed by atoms with Gasteiger partial charge in [0.05, 0.1) is 0 Å². The van der Waals surface area contributed by atoms with Crippen molar-refractivity contribution < 1.29 is 9.52 Å². The Balaban J connectivity index is 1.95. The van der Waals surface area contributed by atoms with Crippen LogP contribution in [0, 0.1) is 0 Å². The number of hydrogen-bond donors (Lipinski definition) is 2. The molecule has 0 radical (unpaired) electrons. The molecule has 0 saturated carbocycles. The van der Waals surface area contributed by atoms with Gasteiger partial charge in [-0.3, -0.25) is 4.79 Å². The highest BCUT2D eigenvalue weighted by Crippen LogP contribution is 2.30. The molecule has 2 aromatic heterocycles. The minimum absolute atomic E-state index is 0.105. The second-order valence-corrected chi connectivity index (χ2v) is 5.01. The second-order valence-electron chi connectivity index (χ2n) is 5.01. The third-order valence-electron chi connectivity index (χ3n) is 3.56. The van der Waals surface area contributed by atoms with E-state index in [1.165, 1.54) is 12.1 Å². The van der Waals surface area contributed by atoms with Crippen LogP contribution in [0.4, 0.5) is 0 Å². The number of aromatic amines is 1. The highest BCUT2D eigenvalue weighted by Gasteiger charge is 2.17. The lowest BCUT2D eigenvalue weighted by Gasteiger charge is -2.03. The predicted octanol–water partition coefficient (Wildman–Crippen LogP) is 2.95. The Morgan fingerprint density at radius 3 is 2.57 bits per heavy atom. The van der Waals surface area contributed by atoms with Gasteiger partial charge in [-0.2, -0.15) is 15.4 Å². The minimum atomic E-state index is -0.332. The molecule has 4 aromatic rings. The van der Waals surface area contributed by atoms with Crippen LogP contribution >= 0.6 is 0 Å². The van der Waals surface area contributed by atoms with Crippen LogP contribution in [-0.2, 0) is 0 Å². The minimum Gasteiger partial charge on any atom is -0.507 e. The summed E-state index contributed by atoms with van der Waals surface area (Å²) in [6.45, 7) is 0. The van der Waals surface area contributed by atoms with E-state index in [1.807, 2.05) is 30.3 Å². The molecule has 2 aromatic carbocycles. The molecule has 4 rings (SSSR count). The van der Waals surface area contributed by atoms with E-state index in [0.29, 0.717) is 22.7 Å². The summed E-state index contributed by atoms with van der Waals surface area (Å²) in [4.78, 5) is 12.3. The molecular weight excluding hydrogens is 294 g/mol. The number of hydrogen-bond acceptors (Lipinski definition) is 5. The summed E-state index contributed by atoms with van der Waals surface area (Å²) in [7, 11) is 0. The number of aromatic hydroxyl groups is 1. The van der Waals surface area contributed by atoms with Crippen LogP contribution in [0.2, 0.25) is 0 Å². The largest absolute Gasteiger partial charge is 0.507 e. The Hall–Kier alpha value is -3.41. The molecule has 2 heterocycles. The van der Waals surface area contributed by atoms with Crippen LogP contribution in [0.15, 0.2) is 63.8 Å². The zero-order valence-corrected chi connectivity index (χ0v) is 11.9. The Bertz CT molecular complexity index is 1050. The van der Waals surface area contributed by atoms with Crippen molar-refractivity contribution in [2.45, 2.75) is 0 Å². The number of nitrogens with one attached hydrogen (secondary N) is 1. The number of aromatic nitrogens is 3. The predicted molar refractivity (Wildman–Crippen MR) is 85.0 cm³/mol. The van der Waals surface area contributed by atoms with Crippen LogP contribution in [-0.4, -0.2) is 20.5 Å². The molecular formula is C17H11N3O3. The lowest BCUT2D eigenvalue weighted by atomic mass is 10.1. The highest BCUT2D eigenvalue weighted by molar-refractivity contribution is 5.85. The maximum Gasteiger partial charge on any atom is 0.197 e. The van der Waals surface area contributed by atoms with E-state index in [4.69, 9.17) is 4.42 Å². The van der Waals surface area contributed by atoms with Crippen molar-refractivity contribution >= 4 is 11.0 Å². The monoisotopic (exact) mass is 305 g/mol. The smallest absolute Gasteiger partial charge is 0.197 e. The van der Waals surface area contributed by atoms with Crippen molar-refractivity contribution in [1.82, 2.24) is 15.4 Å². The third-order valence-corrected chi connectivity index (χ3v) is 3.56. The van der Waals surface area contributed by atoms with Crippen LogP contribution in [0.5, 0.6) is 5.75 Å². The molecule has 0 aliphatic rings. The Morgan fingerprint density at radius 2 is 1.74 bits per heavy atom. The molecule has 0 fully saturated rings. The third kappa shape index (κ3) is 2.17. The molecule has 6 heteroatoms. The van der Waals surface area contributed by atoms with Gasteiger partial charge in [-0.05, 0) is 12.1 Å². The normalized spacial score (nSPS) is 11.0. The Kier molecular flexibility index (Phi) is 2.94. The van der Waals surface area contributed by atoms with E-state index in [-0.39, 0.29) is 16.6 Å². The van der Waals surface area contributed by atoms with Crippen molar-refractivity contribution in [2.75, 3.05) is 0 Å². The van der Waals surface area contributed by atoms with Gasteiger partial charge in [0.15, 0.2) is 16.9 Å². The summed E-state index contributed by atoms with van der Waals surface area (Å²) in [5.41, 5.74) is 1.86. The molecule has 0 spiro atoms. The lowest BCUT2D eigenvalue weighted by Crippen LogP contribution is -2.01. The average Bonchev–Trinajstić information content (AvgIpc) is 3.05. The number of phenolic OH excluding ortho intramolecular Hbond substituents is 1. The van der Waals surface area contributed by atoms with Crippen molar-refractivity contribution in [3.63, 3.8) is 0 Å². The van der Waals surface area contributed by atoms with Crippen molar-refractivity contribution in [3.8, 4) is 28.5 Å². The fourth-order valence-electron chi connectivity index (χ4n) is 2.51. The first-order valence-corrected chi connectivity index (χ1v) is 6.96. The SMILES string of the molecule is O=c1cc(-c2n[nH]nc2-c2ccccc2)oc2cccc(O)c12. The van der Waals surface area contributed by atoms with Gasteiger partial charge in [0.25, 0.3) is 0 Å². The van der Waals surface area contributed by atoms with Gasteiger partial charge >= 0.3 is 0 Å². The van der Waals surface area contributed by atoms with Crippen molar-refractivity contribution in [1.29, 1.82) is 0 Å². The first-order chi connectivity index (χ1) is 11.2. The summed E-state index contributed by atoms with van der Waals surface area (Å²) in [6.07, 6.45) is 0. The van der Waals surface area contributed by atoms with E-state index in [9.17, 15) is 9.90 Å². The molecule has 0 atom stereocenters. The zero-order valence-electron chi connectivity index (χ0n) is 11.9. The van der Waals surface area contributed by atoms with Crippen LogP contribution < -0.4 is 5.43 Å². The molecule has 23 heavy (non-hydrogen) atoms. The van der Waals surface area contributed by atoms with Crippen molar-refractivity contribution in [2.24, 2.45) is 0 Å². The van der Waals surface area contributed by atoms with Gasteiger partial charge in [0.2, 0.25) is 0 Å². The molecule has 6 nitrogen and oxygen atoms in total. The molecule has 0 amide bonds. The molecule has 0 aliphatic carbocycles. The van der Waals surface area contributed by atoms with Gasteiger partial charge in [-0.15, -0.1) is 0 Å². The van der Waals surface area contributed by atoms with Crippen molar-refractivity contribution in [3.05, 3.63) is 64.8 Å². The van der Waals surface area contributed by atoms with Gasteiger partial charge in [-0.25, -0.2) is 0 Å². The van der Waals surface area contributed by atoms with E-state index < -0.39 is 0 Å². The van der Waals surface area contributed by atoms with Gasteiger partial charge in [0.1, 0.15) is 22.4 Å². The summed E-state index contributed by atoms with van der Waals surface area (Å²) in [5.74, 6) is 0.187. The van der Waals surface area contributed by atoms with Crippen LogP contribution in [0.3, 0.4) is 0 Å². The van der Waals surface area contributed by atoms with Gasteiger partial charge in [-0.1, -0.05) is 36.4 Å². The average molecular weight is 305 g/mol. The zero-order chi connectivity index (χ0) is 15.8. The number of rotatable bonds is 2. The topological polar surface area (TPSA) is 92.0 Å². The maximum atomic E-state index is 12.3. The number of nitrogens with zero attached hydrogens (tertiary/aromatic N) is 2. The Morgan fingerprint density at radius 1 is 0.957 bits per heavy atom. The molecule has 112 valence electrons. The van der Waals surface area contributed by atoms with Gasteiger partial charge < -0.3 is 9.52 Å². The fraction of sp³-hybridized carbons (Fsp3) is 0. The molecule has 0 bridgehead atoms. The molecule has 0 aliphatic heterocycles. The number of benzene rings is 2. The summed E-state index contributed by atoms with van der Waals surface area (Å²) in [6, 6.07) is 15.5. The van der Waals surface area contributed by atoms with Crippen LogP contribution in [0.1, 0.15) is 0 Å². The molecule has 0 unspecified atom stereocenters. The first-order valence-electron chi connectivity index (χ1n) is 6.96. The highest BCUT2D eigenvalue weighted by atomic mass is 16.3. The summed E-state index contributed by atoms with van der Waals surface area (Å²) in [5, 5.41) is 20.8. The molecule has 2 N–H and O–H groups in total. The van der Waals surface area contributed by atoms with E-state index >= 15 is 0 Å². The van der Waals surface area contributed by atoms with Gasteiger partial charge in [0, 0.05) is 11.6 Å². The number of phenols is 1. The summed E-state index contributed by atoms with van der Waals surface area (Å²) < 4.78 is 5.75. The second kappa shape index (κ2) is 5.10. The standard InChI is InChI=1S/C17H11N3O3/c21-11-7-4-8-13-15(11)12(22)9-14(23-13)17-16(18-20-19-17)10-5-2-1-3-6-10/h1-9,21H,(H,18,19,20). The Labute approximate surface area is 130 Å². The van der Waals surface area contributed by atoms with E-state index in [2.05, 4.69) is 15.4 Å². The van der Waals surface area contributed by atoms with Crippen LogP contribution in [0.25, 0.3) is 33.7 Å².